The molecule has 1 aromatic rings. The van der Waals surface area contributed by atoms with Crippen molar-refractivity contribution < 1.29 is 8.42 Å². The first kappa shape index (κ1) is 13.1. The molecule has 0 aliphatic carbocycles. The summed E-state index contributed by atoms with van der Waals surface area (Å²) in [6.07, 6.45) is 3.62. The van der Waals surface area contributed by atoms with Crippen molar-refractivity contribution in [3.63, 3.8) is 0 Å². The van der Waals surface area contributed by atoms with E-state index in [1.807, 2.05) is 6.92 Å². The molecule has 1 atom stereocenters. The fourth-order valence-corrected chi connectivity index (χ4v) is 2.51. The van der Waals surface area contributed by atoms with Gasteiger partial charge in [0, 0.05) is 18.8 Å². The maximum atomic E-state index is 11.8. The second-order valence-electron chi connectivity index (χ2n) is 3.64. The Morgan fingerprint density at radius 2 is 2.31 bits per heavy atom. The van der Waals surface area contributed by atoms with E-state index in [4.69, 9.17) is 5.73 Å². The molecular formula is C9H18N4O2S. The van der Waals surface area contributed by atoms with Crippen molar-refractivity contribution in [3.8, 4) is 0 Å². The van der Waals surface area contributed by atoms with Crippen LogP contribution >= 0.6 is 0 Å². The van der Waals surface area contributed by atoms with Gasteiger partial charge in [-0.3, -0.25) is 0 Å². The lowest BCUT2D eigenvalue weighted by Crippen LogP contribution is -2.34. The van der Waals surface area contributed by atoms with Gasteiger partial charge in [-0.1, -0.05) is 0 Å². The molecule has 0 aliphatic heterocycles. The summed E-state index contributed by atoms with van der Waals surface area (Å²) >= 11 is 0. The lowest BCUT2D eigenvalue weighted by atomic mass is 10.3. The average Bonchev–Trinajstić information content (AvgIpc) is 2.65. The summed E-state index contributed by atoms with van der Waals surface area (Å²) < 4.78 is 27.9. The third-order valence-electron chi connectivity index (χ3n) is 2.21. The van der Waals surface area contributed by atoms with Gasteiger partial charge in [0.2, 0.25) is 0 Å². The predicted octanol–water partition coefficient (Wildman–Crippen LogP) is -0.0814. The normalized spacial score (nSPS) is 13.9. The van der Waals surface area contributed by atoms with Crippen LogP contribution in [0.15, 0.2) is 17.6 Å². The Morgan fingerprint density at radius 1 is 1.62 bits per heavy atom. The zero-order valence-electron chi connectivity index (χ0n) is 9.55. The Kier molecular flexibility index (Phi) is 4.45. The summed E-state index contributed by atoms with van der Waals surface area (Å²) in [5.74, 6) is 0. The molecule has 1 aromatic heterocycles. The molecule has 0 saturated carbocycles. The molecule has 0 aromatic carbocycles. The van der Waals surface area contributed by atoms with E-state index in [0.717, 1.165) is 0 Å². The van der Waals surface area contributed by atoms with Gasteiger partial charge >= 0.3 is 0 Å². The highest BCUT2D eigenvalue weighted by molar-refractivity contribution is 7.89. The van der Waals surface area contributed by atoms with Crippen molar-refractivity contribution in [1.29, 1.82) is 0 Å². The van der Waals surface area contributed by atoms with E-state index in [-0.39, 0.29) is 11.1 Å². The molecule has 1 heterocycles. The fraction of sp³-hybridized carbons (Fsp3) is 0.667. The van der Waals surface area contributed by atoms with Crippen LogP contribution in [0.2, 0.25) is 0 Å². The average molecular weight is 246 g/mol. The van der Waals surface area contributed by atoms with Crippen molar-refractivity contribution in [2.24, 2.45) is 5.73 Å². The van der Waals surface area contributed by atoms with Crippen LogP contribution in [-0.4, -0.2) is 30.6 Å². The van der Waals surface area contributed by atoms with Gasteiger partial charge in [0.15, 0.2) is 5.03 Å². The third kappa shape index (κ3) is 3.29. The molecule has 0 bridgehead atoms. The summed E-state index contributed by atoms with van der Waals surface area (Å²) in [6, 6.07) is -0.179. The van der Waals surface area contributed by atoms with E-state index in [1.165, 1.54) is 12.5 Å². The van der Waals surface area contributed by atoms with Crippen LogP contribution in [0.1, 0.15) is 20.3 Å². The molecule has 3 N–H and O–H groups in total. The summed E-state index contributed by atoms with van der Waals surface area (Å²) in [6.45, 7) is 4.84. The molecule has 92 valence electrons. The van der Waals surface area contributed by atoms with Gasteiger partial charge in [-0.05, 0) is 26.8 Å². The van der Waals surface area contributed by atoms with Gasteiger partial charge in [-0.15, -0.1) is 0 Å². The smallest absolute Gasteiger partial charge is 0.259 e. The van der Waals surface area contributed by atoms with Crippen molar-refractivity contribution >= 4 is 10.0 Å². The first-order valence-electron chi connectivity index (χ1n) is 5.23. The van der Waals surface area contributed by atoms with E-state index in [1.54, 1.807) is 11.5 Å². The van der Waals surface area contributed by atoms with E-state index < -0.39 is 10.0 Å². The monoisotopic (exact) mass is 246 g/mol. The maximum absolute atomic E-state index is 11.8. The van der Waals surface area contributed by atoms with E-state index in [0.29, 0.717) is 19.5 Å². The summed E-state index contributed by atoms with van der Waals surface area (Å²) in [7, 11) is -3.51. The minimum Gasteiger partial charge on any atom is -0.336 e. The molecule has 0 aliphatic rings. The minimum absolute atomic E-state index is 0.0539. The van der Waals surface area contributed by atoms with Gasteiger partial charge in [-0.25, -0.2) is 18.1 Å². The summed E-state index contributed by atoms with van der Waals surface area (Å²) in [4.78, 5) is 3.85. The highest BCUT2D eigenvalue weighted by Gasteiger charge is 2.19. The molecule has 0 saturated heterocycles. The molecule has 0 amide bonds. The topological polar surface area (TPSA) is 90.0 Å². The first-order chi connectivity index (χ1) is 7.49. The van der Waals surface area contributed by atoms with Gasteiger partial charge in [0.25, 0.3) is 10.0 Å². The van der Waals surface area contributed by atoms with E-state index in [2.05, 4.69) is 9.71 Å². The number of hydrogen-bond acceptors (Lipinski definition) is 4. The SMILES string of the molecule is CCn1cnc(S(=O)(=O)NC(C)CCN)c1. The van der Waals surface area contributed by atoms with Crippen molar-refractivity contribution in [2.45, 2.75) is 37.9 Å². The van der Waals surface area contributed by atoms with Gasteiger partial charge in [0.05, 0.1) is 6.33 Å². The summed E-state index contributed by atoms with van der Waals surface area (Å²) in [5.41, 5.74) is 5.36. The second-order valence-corrected chi connectivity index (χ2v) is 5.30. The van der Waals surface area contributed by atoms with E-state index in [9.17, 15) is 8.42 Å². The number of nitrogens with two attached hydrogens (primary N) is 1. The van der Waals surface area contributed by atoms with Gasteiger partial charge in [-0.2, -0.15) is 0 Å². The number of nitrogens with one attached hydrogen (secondary N) is 1. The van der Waals surface area contributed by atoms with E-state index >= 15 is 0 Å². The molecule has 7 heteroatoms. The second kappa shape index (κ2) is 5.42. The zero-order chi connectivity index (χ0) is 12.2. The number of nitrogens with zero attached hydrogens (tertiary/aromatic N) is 2. The van der Waals surface area contributed by atoms with Crippen LogP contribution in [0.5, 0.6) is 0 Å². The lowest BCUT2D eigenvalue weighted by Gasteiger charge is -2.11. The number of aromatic nitrogens is 2. The van der Waals surface area contributed by atoms with Gasteiger partial charge in [0.1, 0.15) is 0 Å². The number of imidazole rings is 1. The zero-order valence-corrected chi connectivity index (χ0v) is 10.4. The molecule has 6 nitrogen and oxygen atoms in total. The quantitative estimate of drug-likeness (QED) is 0.734. The van der Waals surface area contributed by atoms with Crippen LogP contribution in [0.25, 0.3) is 0 Å². The van der Waals surface area contributed by atoms with Gasteiger partial charge < -0.3 is 10.3 Å². The lowest BCUT2D eigenvalue weighted by molar-refractivity contribution is 0.547. The van der Waals surface area contributed by atoms with Crippen LogP contribution in [0, 0.1) is 0 Å². The Bertz CT molecular complexity index is 426. The standard InChI is InChI=1S/C9H18N4O2S/c1-3-13-6-9(11-7-13)16(14,15)12-8(2)4-5-10/h6-8,12H,3-5,10H2,1-2H3. The third-order valence-corrected chi connectivity index (χ3v) is 3.68. The Balaban J connectivity index is 2.77. The predicted molar refractivity (Wildman–Crippen MR) is 61.4 cm³/mol. The fourth-order valence-electron chi connectivity index (χ4n) is 1.29. The van der Waals surface area contributed by atoms with Crippen LogP contribution in [0.3, 0.4) is 0 Å². The molecule has 16 heavy (non-hydrogen) atoms. The summed E-state index contributed by atoms with van der Waals surface area (Å²) in [5, 5.41) is 0.0539. The molecule has 0 spiro atoms. The highest BCUT2D eigenvalue weighted by atomic mass is 32.2. The highest BCUT2D eigenvalue weighted by Crippen LogP contribution is 2.06. The van der Waals surface area contributed by atoms with Crippen molar-refractivity contribution in [1.82, 2.24) is 14.3 Å². The molecule has 0 radical (unpaired) electrons. The Morgan fingerprint density at radius 3 is 2.81 bits per heavy atom. The molecule has 1 rings (SSSR count). The first-order valence-corrected chi connectivity index (χ1v) is 6.72. The van der Waals surface area contributed by atoms with Crippen molar-refractivity contribution in [3.05, 3.63) is 12.5 Å². The van der Waals surface area contributed by atoms with Crippen LogP contribution in [0.4, 0.5) is 0 Å². The van der Waals surface area contributed by atoms with Crippen LogP contribution < -0.4 is 10.5 Å². The minimum atomic E-state index is -3.51. The molecule has 0 fully saturated rings. The number of sulfonamides is 1. The molecule has 1 unspecified atom stereocenters. The molecular weight excluding hydrogens is 228 g/mol. The Labute approximate surface area is 95.9 Å². The number of rotatable bonds is 6. The number of hydrogen-bond donors (Lipinski definition) is 2. The maximum Gasteiger partial charge on any atom is 0.259 e. The van der Waals surface area contributed by atoms with Crippen LogP contribution in [-0.2, 0) is 16.6 Å². The van der Waals surface area contributed by atoms with Crippen molar-refractivity contribution in [2.75, 3.05) is 6.54 Å². The largest absolute Gasteiger partial charge is 0.336 e. The Hall–Kier alpha value is -0.920. The number of aryl methyl sites for hydroxylation is 1.